The summed E-state index contributed by atoms with van der Waals surface area (Å²) in [6.07, 6.45) is 1.76. The van der Waals surface area contributed by atoms with Gasteiger partial charge in [0.05, 0.1) is 0 Å². The maximum absolute atomic E-state index is 5.57. The van der Waals surface area contributed by atoms with Crippen LogP contribution in [0.2, 0.25) is 0 Å². The zero-order valence-electron chi connectivity index (χ0n) is 9.08. The lowest BCUT2D eigenvalue weighted by molar-refractivity contribution is 0.302. The van der Waals surface area contributed by atoms with Gasteiger partial charge in [0.2, 0.25) is 5.88 Å². The molecule has 1 N–H and O–H groups in total. The number of pyridine rings is 1. The summed E-state index contributed by atoms with van der Waals surface area (Å²) in [6.45, 7) is 5.78. The summed E-state index contributed by atoms with van der Waals surface area (Å²) in [7, 11) is 1.91. The molecule has 3 heteroatoms. The quantitative estimate of drug-likeness (QED) is 0.726. The minimum Gasteiger partial charge on any atom is -0.476 e. The normalized spacial score (nSPS) is 10.6. The molecule has 0 bridgehead atoms. The molecule has 0 saturated carbocycles. The first-order valence-corrected chi connectivity index (χ1v) is 4.98. The van der Waals surface area contributed by atoms with Crippen molar-refractivity contribution in [1.29, 1.82) is 0 Å². The second-order valence-electron chi connectivity index (χ2n) is 3.50. The van der Waals surface area contributed by atoms with Crippen molar-refractivity contribution >= 4 is 0 Å². The Bertz CT molecular complexity index is 274. The number of ether oxygens (including phenoxy) is 1. The number of hydrogen-bond acceptors (Lipinski definition) is 3. The molecular formula is C11H18N2O. The average Bonchev–Trinajstić information content (AvgIpc) is 2.19. The van der Waals surface area contributed by atoms with Gasteiger partial charge in [-0.2, -0.15) is 0 Å². The Morgan fingerprint density at radius 3 is 2.93 bits per heavy atom. The summed E-state index contributed by atoms with van der Waals surface area (Å²) in [5.41, 5.74) is 1.17. The van der Waals surface area contributed by atoms with E-state index in [0.717, 1.165) is 12.4 Å². The minimum atomic E-state index is 0.452. The highest BCUT2D eigenvalue weighted by Crippen LogP contribution is 2.22. The molecule has 1 rings (SSSR count). The molecule has 0 spiro atoms. The Labute approximate surface area is 85.5 Å². The summed E-state index contributed by atoms with van der Waals surface area (Å²) >= 11 is 0. The lowest BCUT2D eigenvalue weighted by Crippen LogP contribution is -2.17. The van der Waals surface area contributed by atoms with Gasteiger partial charge in [-0.05, 0) is 19.0 Å². The molecule has 0 saturated heterocycles. The van der Waals surface area contributed by atoms with Crippen molar-refractivity contribution < 1.29 is 4.74 Å². The summed E-state index contributed by atoms with van der Waals surface area (Å²) in [5, 5.41) is 3.03. The van der Waals surface area contributed by atoms with Crippen LogP contribution in [-0.2, 0) is 0 Å². The molecule has 78 valence electrons. The van der Waals surface area contributed by atoms with Crippen LogP contribution in [0.3, 0.4) is 0 Å². The lowest BCUT2D eigenvalue weighted by atomic mass is 10.1. The Balaban J connectivity index is 2.64. The van der Waals surface area contributed by atoms with Crippen molar-refractivity contribution in [1.82, 2.24) is 10.3 Å². The summed E-state index contributed by atoms with van der Waals surface area (Å²) in [5.74, 6) is 1.21. The number of nitrogens with one attached hydrogen (secondary N) is 1. The highest BCUT2D eigenvalue weighted by atomic mass is 16.5. The Morgan fingerprint density at radius 2 is 2.29 bits per heavy atom. The van der Waals surface area contributed by atoms with E-state index in [1.165, 1.54) is 5.56 Å². The topological polar surface area (TPSA) is 34.1 Å². The maximum atomic E-state index is 5.57. The average molecular weight is 194 g/mol. The molecule has 3 nitrogen and oxygen atoms in total. The molecule has 0 unspecified atom stereocenters. The summed E-state index contributed by atoms with van der Waals surface area (Å²) in [6, 6.07) is 4.01. The van der Waals surface area contributed by atoms with Crippen LogP contribution in [0.4, 0.5) is 0 Å². The molecule has 0 aliphatic heterocycles. The molecule has 1 aromatic rings. The molecule has 0 atom stereocenters. The van der Waals surface area contributed by atoms with Crippen molar-refractivity contribution in [2.24, 2.45) is 0 Å². The molecule has 0 aromatic carbocycles. The monoisotopic (exact) mass is 194 g/mol. The number of rotatable bonds is 5. The molecule has 0 fully saturated rings. The Morgan fingerprint density at radius 1 is 1.50 bits per heavy atom. The second kappa shape index (κ2) is 5.60. The van der Waals surface area contributed by atoms with Crippen LogP contribution in [0.15, 0.2) is 18.3 Å². The SMILES string of the molecule is CNCCOc1ncccc1C(C)C. The molecule has 0 amide bonds. The first kappa shape index (κ1) is 11.0. The third-order valence-electron chi connectivity index (χ3n) is 2.01. The predicted molar refractivity (Wildman–Crippen MR) is 57.7 cm³/mol. The van der Waals surface area contributed by atoms with Gasteiger partial charge in [0.15, 0.2) is 0 Å². The van der Waals surface area contributed by atoms with E-state index in [1.807, 2.05) is 13.1 Å². The predicted octanol–water partition coefficient (Wildman–Crippen LogP) is 1.80. The van der Waals surface area contributed by atoms with Crippen LogP contribution in [0, 0.1) is 0 Å². The van der Waals surface area contributed by atoms with Crippen molar-refractivity contribution in [3.63, 3.8) is 0 Å². The first-order chi connectivity index (χ1) is 6.75. The summed E-state index contributed by atoms with van der Waals surface area (Å²) < 4.78 is 5.57. The first-order valence-electron chi connectivity index (χ1n) is 4.98. The van der Waals surface area contributed by atoms with E-state index in [-0.39, 0.29) is 0 Å². The van der Waals surface area contributed by atoms with Gasteiger partial charge in [-0.1, -0.05) is 19.9 Å². The molecular weight excluding hydrogens is 176 g/mol. The molecule has 0 radical (unpaired) electrons. The van der Waals surface area contributed by atoms with Crippen molar-refractivity contribution in [2.75, 3.05) is 20.2 Å². The zero-order chi connectivity index (χ0) is 10.4. The smallest absolute Gasteiger partial charge is 0.216 e. The van der Waals surface area contributed by atoms with E-state index in [2.05, 4.69) is 30.2 Å². The van der Waals surface area contributed by atoms with Crippen molar-refractivity contribution in [3.05, 3.63) is 23.9 Å². The minimum absolute atomic E-state index is 0.452. The Kier molecular flexibility index (Phi) is 4.40. The second-order valence-corrected chi connectivity index (χ2v) is 3.50. The zero-order valence-corrected chi connectivity index (χ0v) is 9.08. The lowest BCUT2D eigenvalue weighted by Gasteiger charge is -2.11. The molecule has 0 aliphatic rings. The summed E-state index contributed by atoms with van der Waals surface area (Å²) in [4.78, 5) is 4.22. The molecule has 1 heterocycles. The molecule has 14 heavy (non-hydrogen) atoms. The van der Waals surface area contributed by atoms with Gasteiger partial charge < -0.3 is 10.1 Å². The standard InChI is InChI=1S/C11H18N2O/c1-9(2)10-5-4-6-13-11(10)14-8-7-12-3/h4-6,9,12H,7-8H2,1-3H3. The fourth-order valence-corrected chi connectivity index (χ4v) is 1.21. The Hall–Kier alpha value is -1.09. The van der Waals surface area contributed by atoms with Gasteiger partial charge >= 0.3 is 0 Å². The van der Waals surface area contributed by atoms with Gasteiger partial charge in [0.25, 0.3) is 0 Å². The van der Waals surface area contributed by atoms with Gasteiger partial charge in [-0.15, -0.1) is 0 Å². The van der Waals surface area contributed by atoms with Gasteiger partial charge in [-0.3, -0.25) is 0 Å². The van der Waals surface area contributed by atoms with E-state index in [9.17, 15) is 0 Å². The number of nitrogens with zero attached hydrogens (tertiary/aromatic N) is 1. The van der Waals surface area contributed by atoms with E-state index in [0.29, 0.717) is 12.5 Å². The third-order valence-corrected chi connectivity index (χ3v) is 2.01. The van der Waals surface area contributed by atoms with E-state index in [4.69, 9.17) is 4.74 Å². The van der Waals surface area contributed by atoms with E-state index in [1.54, 1.807) is 6.20 Å². The fourth-order valence-electron chi connectivity index (χ4n) is 1.21. The highest BCUT2D eigenvalue weighted by molar-refractivity contribution is 5.28. The van der Waals surface area contributed by atoms with Gasteiger partial charge in [0, 0.05) is 18.3 Å². The largest absolute Gasteiger partial charge is 0.476 e. The van der Waals surface area contributed by atoms with Crippen LogP contribution < -0.4 is 10.1 Å². The molecule has 1 aromatic heterocycles. The fraction of sp³-hybridized carbons (Fsp3) is 0.545. The van der Waals surface area contributed by atoms with Crippen LogP contribution in [0.1, 0.15) is 25.3 Å². The van der Waals surface area contributed by atoms with Crippen LogP contribution in [0.25, 0.3) is 0 Å². The van der Waals surface area contributed by atoms with Gasteiger partial charge in [0.1, 0.15) is 6.61 Å². The maximum Gasteiger partial charge on any atom is 0.216 e. The van der Waals surface area contributed by atoms with E-state index >= 15 is 0 Å². The van der Waals surface area contributed by atoms with E-state index < -0.39 is 0 Å². The number of likely N-dealkylation sites (N-methyl/N-ethyl adjacent to an activating group) is 1. The van der Waals surface area contributed by atoms with Crippen molar-refractivity contribution in [2.45, 2.75) is 19.8 Å². The van der Waals surface area contributed by atoms with Crippen LogP contribution >= 0.6 is 0 Å². The van der Waals surface area contributed by atoms with Crippen LogP contribution in [0.5, 0.6) is 5.88 Å². The van der Waals surface area contributed by atoms with Crippen molar-refractivity contribution in [3.8, 4) is 5.88 Å². The van der Waals surface area contributed by atoms with Crippen LogP contribution in [-0.4, -0.2) is 25.2 Å². The highest BCUT2D eigenvalue weighted by Gasteiger charge is 2.07. The molecule has 0 aliphatic carbocycles. The van der Waals surface area contributed by atoms with Gasteiger partial charge in [-0.25, -0.2) is 4.98 Å². The third kappa shape index (κ3) is 3.00. The number of hydrogen-bond donors (Lipinski definition) is 1. The number of aromatic nitrogens is 1.